The zero-order valence-corrected chi connectivity index (χ0v) is 8.31. The fraction of sp³-hybridized carbons (Fsp3) is 0.100. The fourth-order valence-electron chi connectivity index (χ4n) is 1.57. The highest BCUT2D eigenvalue weighted by Gasteiger charge is 2.08. The van der Waals surface area contributed by atoms with E-state index in [4.69, 9.17) is 11.5 Å². The van der Waals surface area contributed by atoms with Crippen LogP contribution in [0.5, 0.6) is 0 Å². The van der Waals surface area contributed by atoms with Crippen LogP contribution in [0, 0.1) is 6.92 Å². The maximum absolute atomic E-state index is 5.89. The molecule has 0 radical (unpaired) electrons. The van der Waals surface area contributed by atoms with Gasteiger partial charge in [0.1, 0.15) is 0 Å². The van der Waals surface area contributed by atoms with Crippen molar-refractivity contribution in [2.45, 2.75) is 6.92 Å². The van der Waals surface area contributed by atoms with Crippen LogP contribution in [-0.4, -0.2) is 15.4 Å². The number of aromatic nitrogens is 3. The molecule has 76 valence electrons. The number of benzene rings is 1. The summed E-state index contributed by atoms with van der Waals surface area (Å²) < 4.78 is 0. The summed E-state index contributed by atoms with van der Waals surface area (Å²) in [5.41, 5.74) is 15.4. The van der Waals surface area contributed by atoms with Crippen molar-refractivity contribution in [1.29, 1.82) is 0 Å². The van der Waals surface area contributed by atoms with Crippen LogP contribution in [0.3, 0.4) is 0 Å². The first-order valence-electron chi connectivity index (χ1n) is 4.49. The van der Waals surface area contributed by atoms with Gasteiger partial charge in [0.25, 0.3) is 0 Å². The van der Waals surface area contributed by atoms with E-state index < -0.39 is 0 Å². The third-order valence-electron chi connectivity index (χ3n) is 2.15. The Morgan fingerprint density at radius 1 is 1.20 bits per heavy atom. The van der Waals surface area contributed by atoms with Gasteiger partial charge in [-0.1, -0.05) is 0 Å². The van der Waals surface area contributed by atoms with Crippen molar-refractivity contribution in [3.8, 4) is 11.3 Å². The summed E-state index contributed by atoms with van der Waals surface area (Å²) in [7, 11) is 0. The first-order chi connectivity index (χ1) is 7.18. The zero-order valence-electron chi connectivity index (χ0n) is 8.31. The van der Waals surface area contributed by atoms with E-state index in [1.54, 1.807) is 18.3 Å². The summed E-state index contributed by atoms with van der Waals surface area (Å²) >= 11 is 0. The predicted molar refractivity (Wildman–Crippen MR) is 58.8 cm³/mol. The Bertz CT molecular complexity index is 457. The molecule has 0 bridgehead atoms. The topological polar surface area (TPSA) is 90.7 Å². The van der Waals surface area contributed by atoms with Gasteiger partial charge in [0, 0.05) is 16.9 Å². The quantitative estimate of drug-likeness (QED) is 0.672. The number of nitrogens with zero attached hydrogens (tertiary/aromatic N) is 3. The van der Waals surface area contributed by atoms with Gasteiger partial charge < -0.3 is 11.5 Å². The van der Waals surface area contributed by atoms with Crippen LogP contribution in [0.25, 0.3) is 11.3 Å². The molecule has 0 atom stereocenters. The van der Waals surface area contributed by atoms with Crippen molar-refractivity contribution in [2.24, 2.45) is 0 Å². The van der Waals surface area contributed by atoms with E-state index in [1.165, 1.54) is 0 Å². The van der Waals surface area contributed by atoms with Crippen molar-refractivity contribution in [3.05, 3.63) is 30.0 Å². The van der Waals surface area contributed by atoms with Crippen LogP contribution >= 0.6 is 0 Å². The van der Waals surface area contributed by atoms with Gasteiger partial charge in [-0.3, -0.25) is 0 Å². The summed E-state index contributed by atoms with van der Waals surface area (Å²) in [4.78, 5) is 0. The smallest absolute Gasteiger partial charge is 0.0986 e. The van der Waals surface area contributed by atoms with Crippen LogP contribution in [0.15, 0.2) is 24.4 Å². The van der Waals surface area contributed by atoms with Gasteiger partial charge in [-0.05, 0) is 35.9 Å². The molecule has 5 heteroatoms. The number of hydrogen-bond donors (Lipinski definition) is 2. The second-order valence-corrected chi connectivity index (χ2v) is 3.31. The minimum Gasteiger partial charge on any atom is -0.399 e. The van der Waals surface area contributed by atoms with Gasteiger partial charge in [0.2, 0.25) is 0 Å². The minimum atomic E-state index is 0.605. The van der Waals surface area contributed by atoms with Crippen molar-refractivity contribution in [3.63, 3.8) is 0 Å². The Labute approximate surface area is 87.1 Å². The fourth-order valence-corrected chi connectivity index (χ4v) is 1.57. The lowest BCUT2D eigenvalue weighted by molar-refractivity contribution is 0.870. The second kappa shape index (κ2) is 3.53. The molecule has 0 spiro atoms. The Kier molecular flexibility index (Phi) is 2.21. The molecule has 0 saturated carbocycles. The average molecular weight is 201 g/mol. The molecule has 5 nitrogen and oxygen atoms in total. The lowest BCUT2D eigenvalue weighted by Crippen LogP contribution is -1.99. The molecule has 1 aromatic heterocycles. The van der Waals surface area contributed by atoms with Crippen molar-refractivity contribution in [1.82, 2.24) is 15.4 Å². The van der Waals surface area contributed by atoms with Crippen molar-refractivity contribution < 1.29 is 0 Å². The molecule has 0 aliphatic carbocycles. The Morgan fingerprint density at radius 2 is 2.00 bits per heavy atom. The maximum atomic E-state index is 5.89. The molecule has 2 rings (SSSR count). The highest BCUT2D eigenvalue weighted by molar-refractivity contribution is 5.79. The molecule has 0 aliphatic heterocycles. The predicted octanol–water partition coefficient (Wildman–Crippen LogP) is 1.01. The molecule has 0 saturated heterocycles. The third-order valence-corrected chi connectivity index (χ3v) is 2.15. The largest absolute Gasteiger partial charge is 0.399 e. The Hall–Kier alpha value is -2.17. The number of rotatable bonds is 1. The van der Waals surface area contributed by atoms with Gasteiger partial charge in [0.15, 0.2) is 0 Å². The van der Waals surface area contributed by atoms with Gasteiger partial charge >= 0.3 is 0 Å². The second-order valence-electron chi connectivity index (χ2n) is 3.31. The number of nitrogen functional groups attached to an aromatic ring is 2. The monoisotopic (exact) mass is 201 g/mol. The normalized spacial score (nSPS) is 10.2. The SMILES string of the molecule is Cc1cc(N)cc(N)c1-c1ccnnn1. The molecule has 4 N–H and O–H groups in total. The van der Waals surface area contributed by atoms with Crippen LogP contribution in [0.1, 0.15) is 5.56 Å². The van der Waals surface area contributed by atoms with Crippen molar-refractivity contribution in [2.75, 3.05) is 11.5 Å². The molecule has 0 aliphatic rings. The van der Waals surface area contributed by atoms with E-state index in [0.29, 0.717) is 17.1 Å². The van der Waals surface area contributed by atoms with Gasteiger partial charge in [-0.15, -0.1) is 10.2 Å². The van der Waals surface area contributed by atoms with Gasteiger partial charge in [-0.25, -0.2) is 0 Å². The van der Waals surface area contributed by atoms with Crippen LogP contribution in [0.2, 0.25) is 0 Å². The Morgan fingerprint density at radius 3 is 2.60 bits per heavy atom. The lowest BCUT2D eigenvalue weighted by Gasteiger charge is -2.08. The number of nitrogens with two attached hydrogens (primary N) is 2. The first kappa shape index (κ1) is 9.39. The molecule has 0 amide bonds. The first-order valence-corrected chi connectivity index (χ1v) is 4.49. The molecule has 1 heterocycles. The Balaban J connectivity index is 2.64. The number of anilines is 2. The van der Waals surface area contributed by atoms with Crippen LogP contribution in [-0.2, 0) is 0 Å². The standard InChI is InChI=1S/C10H11N5/c1-6-4-7(11)5-8(12)10(6)9-2-3-13-15-14-9/h2-5H,11-12H2,1H3. The summed E-state index contributed by atoms with van der Waals surface area (Å²) in [5, 5.41) is 11.1. The van der Waals surface area contributed by atoms with E-state index in [2.05, 4.69) is 15.4 Å². The van der Waals surface area contributed by atoms with E-state index in [0.717, 1.165) is 11.1 Å². The molecule has 0 fully saturated rings. The molecule has 1 aromatic carbocycles. The van der Waals surface area contributed by atoms with E-state index in [-0.39, 0.29) is 0 Å². The third kappa shape index (κ3) is 1.71. The number of aryl methyl sites for hydroxylation is 1. The van der Waals surface area contributed by atoms with E-state index in [9.17, 15) is 0 Å². The highest BCUT2D eigenvalue weighted by Crippen LogP contribution is 2.29. The van der Waals surface area contributed by atoms with Gasteiger partial charge in [0.05, 0.1) is 11.9 Å². The molecular formula is C10H11N5. The van der Waals surface area contributed by atoms with Crippen LogP contribution in [0.4, 0.5) is 11.4 Å². The van der Waals surface area contributed by atoms with E-state index in [1.807, 2.05) is 13.0 Å². The van der Waals surface area contributed by atoms with Crippen LogP contribution < -0.4 is 11.5 Å². The lowest BCUT2D eigenvalue weighted by atomic mass is 10.0. The molecule has 0 unspecified atom stereocenters. The summed E-state index contributed by atoms with van der Waals surface area (Å²) in [6.07, 6.45) is 1.58. The molecule has 2 aromatic rings. The minimum absolute atomic E-state index is 0.605. The average Bonchev–Trinajstić information content (AvgIpc) is 2.17. The van der Waals surface area contributed by atoms with Crippen molar-refractivity contribution >= 4 is 11.4 Å². The summed E-state index contributed by atoms with van der Waals surface area (Å²) in [6, 6.07) is 5.33. The molecule has 15 heavy (non-hydrogen) atoms. The maximum Gasteiger partial charge on any atom is 0.0986 e. The number of hydrogen-bond acceptors (Lipinski definition) is 5. The zero-order chi connectivity index (χ0) is 10.8. The van der Waals surface area contributed by atoms with E-state index >= 15 is 0 Å². The summed E-state index contributed by atoms with van der Waals surface area (Å²) in [6.45, 7) is 1.93. The summed E-state index contributed by atoms with van der Waals surface area (Å²) in [5.74, 6) is 0. The van der Waals surface area contributed by atoms with Gasteiger partial charge in [-0.2, -0.15) is 0 Å². The molecular weight excluding hydrogens is 190 g/mol. The highest BCUT2D eigenvalue weighted by atomic mass is 15.3.